The van der Waals surface area contributed by atoms with Crippen molar-refractivity contribution in [1.82, 2.24) is 5.32 Å². The van der Waals surface area contributed by atoms with Gasteiger partial charge >= 0.3 is 0 Å². The summed E-state index contributed by atoms with van der Waals surface area (Å²) in [7, 11) is -3.79. The highest BCUT2D eigenvalue weighted by Crippen LogP contribution is 2.25. The number of carbonyl (C=O) groups excluding carboxylic acids is 1. The number of nitrogens with one attached hydrogen (secondary N) is 1. The van der Waals surface area contributed by atoms with Crippen LogP contribution in [0.2, 0.25) is 0 Å². The molecule has 104 valence electrons. The maximum absolute atomic E-state index is 12.0. The van der Waals surface area contributed by atoms with Crippen molar-refractivity contribution in [2.75, 3.05) is 6.54 Å². The van der Waals surface area contributed by atoms with Gasteiger partial charge in [0.05, 0.1) is 4.90 Å². The van der Waals surface area contributed by atoms with Gasteiger partial charge in [-0.15, -0.1) is 0 Å². The molecule has 1 fully saturated rings. The maximum atomic E-state index is 12.0. The second-order valence-electron chi connectivity index (χ2n) is 5.09. The number of hydrogen-bond donors (Lipinski definition) is 2. The number of primary sulfonamides is 1. The van der Waals surface area contributed by atoms with Crippen molar-refractivity contribution >= 4 is 15.9 Å². The van der Waals surface area contributed by atoms with Crippen molar-refractivity contribution < 1.29 is 13.2 Å². The summed E-state index contributed by atoms with van der Waals surface area (Å²) in [5.74, 6) is 0.312. The third kappa shape index (κ3) is 3.54. The second-order valence-corrected chi connectivity index (χ2v) is 6.65. The minimum absolute atomic E-state index is 0.0266. The topological polar surface area (TPSA) is 89.3 Å². The first kappa shape index (κ1) is 14.0. The van der Waals surface area contributed by atoms with Gasteiger partial charge in [0, 0.05) is 12.1 Å². The predicted molar refractivity (Wildman–Crippen MR) is 72.2 cm³/mol. The number of nitrogens with two attached hydrogens (primary N) is 1. The van der Waals surface area contributed by atoms with Crippen LogP contribution in [0, 0.1) is 12.8 Å². The van der Waals surface area contributed by atoms with E-state index in [2.05, 4.69) is 5.32 Å². The molecular formula is C13H18N2O3S. The molecule has 0 aromatic heterocycles. The Hall–Kier alpha value is -1.40. The van der Waals surface area contributed by atoms with Crippen LogP contribution in [-0.2, 0) is 10.0 Å². The van der Waals surface area contributed by atoms with Crippen LogP contribution < -0.4 is 10.5 Å². The summed E-state index contributed by atoms with van der Waals surface area (Å²) < 4.78 is 22.7. The monoisotopic (exact) mass is 282 g/mol. The molecule has 1 aromatic rings. The quantitative estimate of drug-likeness (QED) is 0.868. The first-order valence-corrected chi connectivity index (χ1v) is 7.83. The van der Waals surface area contributed by atoms with Crippen LogP contribution in [0.4, 0.5) is 0 Å². The zero-order valence-electron chi connectivity index (χ0n) is 10.8. The lowest BCUT2D eigenvalue weighted by Gasteiger charge is -2.25. The molecule has 2 rings (SSSR count). The molecule has 0 radical (unpaired) electrons. The summed E-state index contributed by atoms with van der Waals surface area (Å²) in [4.78, 5) is 11.9. The normalized spacial score (nSPS) is 15.9. The molecule has 0 unspecified atom stereocenters. The predicted octanol–water partition coefficient (Wildman–Crippen LogP) is 1.17. The van der Waals surface area contributed by atoms with Gasteiger partial charge in [0.25, 0.3) is 5.91 Å². The average Bonchev–Trinajstić information content (AvgIpc) is 2.24. The van der Waals surface area contributed by atoms with E-state index >= 15 is 0 Å². The Balaban J connectivity index is 2.14. The van der Waals surface area contributed by atoms with Crippen LogP contribution in [-0.4, -0.2) is 20.9 Å². The molecule has 1 amide bonds. The van der Waals surface area contributed by atoms with Crippen LogP contribution in [0.15, 0.2) is 23.1 Å². The summed E-state index contributed by atoms with van der Waals surface area (Å²) >= 11 is 0. The molecule has 1 saturated carbocycles. The van der Waals surface area contributed by atoms with E-state index in [1.165, 1.54) is 18.6 Å². The smallest absolute Gasteiger partial charge is 0.251 e. The lowest BCUT2D eigenvalue weighted by atomic mass is 9.85. The Bertz CT molecular complexity index is 592. The Morgan fingerprint density at radius 3 is 2.58 bits per heavy atom. The summed E-state index contributed by atoms with van der Waals surface area (Å²) in [6.07, 6.45) is 3.52. The van der Waals surface area contributed by atoms with Crippen molar-refractivity contribution in [1.29, 1.82) is 0 Å². The van der Waals surface area contributed by atoms with E-state index in [9.17, 15) is 13.2 Å². The lowest BCUT2D eigenvalue weighted by molar-refractivity contribution is 0.0939. The van der Waals surface area contributed by atoms with Crippen molar-refractivity contribution in [3.05, 3.63) is 29.3 Å². The molecule has 1 aliphatic carbocycles. The number of amides is 1. The van der Waals surface area contributed by atoms with Gasteiger partial charge in [-0.05, 0) is 49.4 Å². The zero-order valence-corrected chi connectivity index (χ0v) is 11.7. The van der Waals surface area contributed by atoms with E-state index in [1.807, 2.05) is 0 Å². The first-order chi connectivity index (χ1) is 8.86. The average molecular weight is 282 g/mol. The largest absolute Gasteiger partial charge is 0.352 e. The maximum Gasteiger partial charge on any atom is 0.251 e. The minimum atomic E-state index is -3.79. The fourth-order valence-electron chi connectivity index (χ4n) is 2.08. The highest BCUT2D eigenvalue weighted by Gasteiger charge is 2.19. The van der Waals surface area contributed by atoms with Crippen molar-refractivity contribution in [3.63, 3.8) is 0 Å². The third-order valence-electron chi connectivity index (χ3n) is 3.42. The molecule has 19 heavy (non-hydrogen) atoms. The van der Waals surface area contributed by atoms with E-state index in [0.29, 0.717) is 23.6 Å². The van der Waals surface area contributed by atoms with Crippen LogP contribution in [0.5, 0.6) is 0 Å². The summed E-state index contributed by atoms with van der Waals surface area (Å²) in [5.41, 5.74) is 1.03. The van der Waals surface area contributed by atoms with Crippen molar-refractivity contribution in [2.45, 2.75) is 31.1 Å². The van der Waals surface area contributed by atoms with Crippen LogP contribution >= 0.6 is 0 Å². The first-order valence-electron chi connectivity index (χ1n) is 6.29. The minimum Gasteiger partial charge on any atom is -0.352 e. The molecule has 0 aliphatic heterocycles. The molecule has 1 aromatic carbocycles. The van der Waals surface area contributed by atoms with Gasteiger partial charge < -0.3 is 5.32 Å². The van der Waals surface area contributed by atoms with E-state index < -0.39 is 10.0 Å². The molecule has 0 atom stereocenters. The third-order valence-corrected chi connectivity index (χ3v) is 4.31. The Labute approximate surface area is 113 Å². The van der Waals surface area contributed by atoms with Gasteiger partial charge in [-0.25, -0.2) is 13.6 Å². The van der Waals surface area contributed by atoms with Gasteiger partial charge in [0.2, 0.25) is 10.0 Å². The number of rotatable bonds is 4. The van der Waals surface area contributed by atoms with Gasteiger partial charge in [-0.2, -0.15) is 0 Å². The van der Waals surface area contributed by atoms with E-state index in [1.54, 1.807) is 13.0 Å². The van der Waals surface area contributed by atoms with Crippen molar-refractivity contribution in [2.24, 2.45) is 11.1 Å². The van der Waals surface area contributed by atoms with Crippen LogP contribution in [0.25, 0.3) is 0 Å². The zero-order chi connectivity index (χ0) is 14.0. The standard InChI is InChI=1S/C13H18N2O3S/c1-9-5-11(7-12(6-9)19(14,17)18)13(16)15-8-10-3-2-4-10/h5-7,10H,2-4,8H2,1H3,(H,15,16)(H2,14,17,18). The number of hydrogen-bond acceptors (Lipinski definition) is 3. The SMILES string of the molecule is Cc1cc(C(=O)NCC2CCC2)cc(S(N)(=O)=O)c1. The summed E-state index contributed by atoms with van der Waals surface area (Å²) in [6.45, 7) is 2.38. The van der Waals surface area contributed by atoms with E-state index in [-0.39, 0.29) is 10.8 Å². The molecule has 6 heteroatoms. The fraction of sp³-hybridized carbons (Fsp3) is 0.462. The molecule has 5 nitrogen and oxygen atoms in total. The van der Waals surface area contributed by atoms with Gasteiger partial charge in [-0.1, -0.05) is 6.42 Å². The van der Waals surface area contributed by atoms with Gasteiger partial charge in [0.1, 0.15) is 0 Å². The van der Waals surface area contributed by atoms with E-state index in [0.717, 1.165) is 12.8 Å². The number of carbonyl (C=O) groups is 1. The molecule has 1 aliphatic rings. The highest BCUT2D eigenvalue weighted by atomic mass is 32.2. The Morgan fingerprint density at radius 2 is 2.05 bits per heavy atom. The highest BCUT2D eigenvalue weighted by molar-refractivity contribution is 7.89. The van der Waals surface area contributed by atoms with Gasteiger partial charge in [-0.3, -0.25) is 4.79 Å². The van der Waals surface area contributed by atoms with Crippen LogP contribution in [0.3, 0.4) is 0 Å². The molecule has 0 bridgehead atoms. The molecule has 0 heterocycles. The van der Waals surface area contributed by atoms with Crippen LogP contribution in [0.1, 0.15) is 35.2 Å². The summed E-state index contributed by atoms with van der Waals surface area (Å²) in [5, 5.41) is 7.92. The summed E-state index contributed by atoms with van der Waals surface area (Å²) in [6, 6.07) is 4.43. The Morgan fingerprint density at radius 1 is 1.37 bits per heavy atom. The van der Waals surface area contributed by atoms with E-state index in [4.69, 9.17) is 5.14 Å². The lowest BCUT2D eigenvalue weighted by Crippen LogP contribution is -2.32. The molecule has 0 spiro atoms. The molecule has 3 N–H and O–H groups in total. The fourth-order valence-corrected chi connectivity index (χ4v) is 2.72. The number of sulfonamides is 1. The Kier molecular flexibility index (Phi) is 3.91. The number of benzene rings is 1. The molecule has 0 saturated heterocycles. The van der Waals surface area contributed by atoms with Gasteiger partial charge in [0.15, 0.2) is 0 Å². The molecular weight excluding hydrogens is 264 g/mol. The second kappa shape index (κ2) is 5.30. The number of aryl methyl sites for hydroxylation is 1. The van der Waals surface area contributed by atoms with Crippen molar-refractivity contribution in [3.8, 4) is 0 Å².